The lowest BCUT2D eigenvalue weighted by molar-refractivity contribution is 0.404. The zero-order valence-corrected chi connectivity index (χ0v) is 12.7. The van der Waals surface area contributed by atoms with Crippen LogP contribution in [0, 0.1) is 11.7 Å². The van der Waals surface area contributed by atoms with Gasteiger partial charge in [0.25, 0.3) is 0 Å². The van der Waals surface area contributed by atoms with Gasteiger partial charge in [-0.25, -0.2) is 12.8 Å². The largest absolute Gasteiger partial charge is 0.316 e. The number of halogens is 2. The highest BCUT2D eigenvalue weighted by atomic mass is 79.9. The van der Waals surface area contributed by atoms with E-state index in [1.54, 1.807) is 6.07 Å². The van der Waals surface area contributed by atoms with Gasteiger partial charge in [0.1, 0.15) is 5.82 Å². The second-order valence-electron chi connectivity index (χ2n) is 4.69. The van der Waals surface area contributed by atoms with Gasteiger partial charge in [-0.2, -0.15) is 0 Å². The number of hydrogen-bond donors (Lipinski definition) is 2. The van der Waals surface area contributed by atoms with Gasteiger partial charge in [0.2, 0.25) is 10.0 Å². The molecule has 0 saturated carbocycles. The first-order chi connectivity index (χ1) is 8.98. The zero-order chi connectivity index (χ0) is 13.9. The van der Waals surface area contributed by atoms with Gasteiger partial charge in [0, 0.05) is 4.47 Å². The monoisotopic (exact) mass is 350 g/mol. The fraction of sp³-hybridized carbons (Fsp3) is 0.500. The fourth-order valence-electron chi connectivity index (χ4n) is 2.17. The predicted molar refractivity (Wildman–Crippen MR) is 77.1 cm³/mol. The number of anilines is 1. The maximum Gasteiger partial charge on any atom is 0.233 e. The van der Waals surface area contributed by atoms with Gasteiger partial charge < -0.3 is 5.32 Å². The molecule has 1 aliphatic heterocycles. The van der Waals surface area contributed by atoms with E-state index in [1.165, 1.54) is 12.1 Å². The van der Waals surface area contributed by atoms with Gasteiger partial charge in [-0.3, -0.25) is 4.72 Å². The lowest BCUT2D eigenvalue weighted by Gasteiger charge is -2.22. The minimum absolute atomic E-state index is 0.0147. The molecular weight excluding hydrogens is 335 g/mol. The Bertz CT molecular complexity index is 524. The Balaban J connectivity index is 2.08. The molecule has 106 valence electrons. The van der Waals surface area contributed by atoms with Crippen molar-refractivity contribution in [1.82, 2.24) is 5.32 Å². The predicted octanol–water partition coefficient (Wildman–Crippen LogP) is 2.33. The maximum absolute atomic E-state index is 13.6. The van der Waals surface area contributed by atoms with Gasteiger partial charge in [0.15, 0.2) is 0 Å². The third-order valence-corrected chi connectivity index (χ3v) is 5.16. The van der Waals surface area contributed by atoms with Crippen LogP contribution in [-0.2, 0) is 10.0 Å². The molecule has 2 N–H and O–H groups in total. The Morgan fingerprint density at radius 3 is 2.89 bits per heavy atom. The van der Waals surface area contributed by atoms with Crippen LogP contribution in [0.5, 0.6) is 0 Å². The van der Waals surface area contributed by atoms with Gasteiger partial charge in [0.05, 0.1) is 11.4 Å². The van der Waals surface area contributed by atoms with Crippen LogP contribution in [-0.4, -0.2) is 27.3 Å². The van der Waals surface area contributed by atoms with Crippen LogP contribution in [0.25, 0.3) is 0 Å². The lowest BCUT2D eigenvalue weighted by atomic mass is 10.0. The van der Waals surface area contributed by atoms with E-state index in [-0.39, 0.29) is 17.4 Å². The van der Waals surface area contributed by atoms with E-state index in [0.717, 1.165) is 19.4 Å². The number of para-hydroxylation sites is 1. The smallest absolute Gasteiger partial charge is 0.233 e. The van der Waals surface area contributed by atoms with Gasteiger partial charge in [-0.1, -0.05) is 6.07 Å². The normalized spacial score (nSPS) is 20.2. The van der Waals surface area contributed by atoms with Gasteiger partial charge in [-0.05, 0) is 59.9 Å². The summed E-state index contributed by atoms with van der Waals surface area (Å²) in [6, 6.07) is 4.34. The summed E-state index contributed by atoms with van der Waals surface area (Å²) in [7, 11) is -3.54. The van der Waals surface area contributed by atoms with E-state index in [2.05, 4.69) is 26.0 Å². The topological polar surface area (TPSA) is 58.2 Å². The van der Waals surface area contributed by atoms with Gasteiger partial charge in [-0.15, -0.1) is 0 Å². The van der Waals surface area contributed by atoms with E-state index in [0.29, 0.717) is 11.0 Å². The van der Waals surface area contributed by atoms with Crippen molar-refractivity contribution in [3.63, 3.8) is 0 Å². The molecule has 1 saturated heterocycles. The molecule has 1 aromatic rings. The van der Waals surface area contributed by atoms with Crippen LogP contribution in [0.1, 0.15) is 12.8 Å². The van der Waals surface area contributed by atoms with Crippen molar-refractivity contribution in [3.8, 4) is 0 Å². The molecule has 1 heterocycles. The maximum atomic E-state index is 13.6. The van der Waals surface area contributed by atoms with Crippen LogP contribution in [0.3, 0.4) is 0 Å². The molecule has 0 amide bonds. The van der Waals surface area contributed by atoms with Crippen molar-refractivity contribution < 1.29 is 12.8 Å². The minimum atomic E-state index is -3.54. The quantitative estimate of drug-likeness (QED) is 0.876. The molecule has 1 fully saturated rings. The molecule has 1 atom stereocenters. The molecule has 0 bridgehead atoms. The summed E-state index contributed by atoms with van der Waals surface area (Å²) in [6.45, 7) is 1.63. The molecular formula is C12H16BrFN2O2S. The number of hydrogen-bond acceptors (Lipinski definition) is 3. The number of sulfonamides is 1. The molecule has 4 nitrogen and oxygen atoms in total. The molecule has 2 rings (SSSR count). The van der Waals surface area contributed by atoms with Crippen LogP contribution in [0.4, 0.5) is 10.1 Å². The highest BCUT2D eigenvalue weighted by Gasteiger charge is 2.22. The SMILES string of the molecule is O=S(=O)(CC1CCCNC1)Nc1c(F)cccc1Br. The Morgan fingerprint density at radius 2 is 2.26 bits per heavy atom. The first kappa shape index (κ1) is 14.7. The fourth-order valence-corrected chi connectivity index (χ4v) is 4.25. The lowest BCUT2D eigenvalue weighted by Crippen LogP contribution is -2.35. The van der Waals surface area contributed by atoms with E-state index in [9.17, 15) is 12.8 Å². The molecule has 0 radical (unpaired) electrons. The molecule has 1 unspecified atom stereocenters. The van der Waals surface area contributed by atoms with Crippen LogP contribution in [0.2, 0.25) is 0 Å². The molecule has 0 aliphatic carbocycles. The molecule has 0 spiro atoms. The van der Waals surface area contributed by atoms with Gasteiger partial charge >= 0.3 is 0 Å². The Morgan fingerprint density at radius 1 is 1.47 bits per heavy atom. The Hall–Kier alpha value is -0.660. The third kappa shape index (κ3) is 4.15. The Labute approximate surface area is 121 Å². The van der Waals surface area contributed by atoms with Crippen LogP contribution < -0.4 is 10.0 Å². The van der Waals surface area contributed by atoms with Crippen LogP contribution in [0.15, 0.2) is 22.7 Å². The number of benzene rings is 1. The molecule has 0 aromatic heterocycles. The molecule has 1 aromatic carbocycles. The van der Waals surface area contributed by atoms with E-state index in [1.807, 2.05) is 0 Å². The molecule has 19 heavy (non-hydrogen) atoms. The molecule has 7 heteroatoms. The summed E-state index contributed by atoms with van der Waals surface area (Å²) in [6.07, 6.45) is 1.86. The highest BCUT2D eigenvalue weighted by molar-refractivity contribution is 9.10. The first-order valence-corrected chi connectivity index (χ1v) is 8.58. The van der Waals surface area contributed by atoms with E-state index >= 15 is 0 Å². The Kier molecular flexibility index (Phi) is 4.81. The van der Waals surface area contributed by atoms with E-state index in [4.69, 9.17) is 0 Å². The zero-order valence-electron chi connectivity index (χ0n) is 10.3. The summed E-state index contributed by atoms with van der Waals surface area (Å²) in [5.41, 5.74) is -0.0220. The summed E-state index contributed by atoms with van der Waals surface area (Å²) in [4.78, 5) is 0. The average Bonchev–Trinajstić information content (AvgIpc) is 2.35. The second-order valence-corrected chi connectivity index (χ2v) is 7.31. The third-order valence-electron chi connectivity index (χ3n) is 3.07. The number of nitrogens with one attached hydrogen (secondary N) is 2. The standard InChI is InChI=1S/C12H16BrFN2O2S/c13-10-4-1-5-11(14)12(10)16-19(17,18)8-9-3-2-6-15-7-9/h1,4-5,9,15-16H,2-3,6-8H2. The summed E-state index contributed by atoms with van der Waals surface area (Å²) < 4.78 is 40.4. The van der Waals surface area contributed by atoms with Crippen molar-refractivity contribution in [2.45, 2.75) is 12.8 Å². The van der Waals surface area contributed by atoms with E-state index < -0.39 is 15.8 Å². The van der Waals surface area contributed by atoms with Crippen molar-refractivity contribution >= 4 is 31.6 Å². The summed E-state index contributed by atoms with van der Waals surface area (Å²) in [5.74, 6) is -0.489. The summed E-state index contributed by atoms with van der Waals surface area (Å²) >= 11 is 3.15. The highest BCUT2D eigenvalue weighted by Crippen LogP contribution is 2.26. The minimum Gasteiger partial charge on any atom is -0.316 e. The molecule has 1 aliphatic rings. The van der Waals surface area contributed by atoms with Crippen molar-refractivity contribution in [3.05, 3.63) is 28.5 Å². The van der Waals surface area contributed by atoms with Crippen molar-refractivity contribution in [2.75, 3.05) is 23.6 Å². The number of piperidine rings is 1. The second kappa shape index (κ2) is 6.19. The van der Waals surface area contributed by atoms with Crippen molar-refractivity contribution in [2.24, 2.45) is 5.92 Å². The number of rotatable bonds is 4. The average molecular weight is 351 g/mol. The first-order valence-electron chi connectivity index (χ1n) is 6.13. The van der Waals surface area contributed by atoms with Crippen LogP contribution >= 0.6 is 15.9 Å². The summed E-state index contributed by atoms with van der Waals surface area (Å²) in [5, 5.41) is 3.17. The van der Waals surface area contributed by atoms with Crippen molar-refractivity contribution in [1.29, 1.82) is 0 Å².